The van der Waals surface area contributed by atoms with Crippen LogP contribution in [0.15, 0.2) is 106 Å². The van der Waals surface area contributed by atoms with Gasteiger partial charge in [-0.1, -0.05) is 120 Å². The third-order valence-corrected chi connectivity index (χ3v) is 8.28. The maximum absolute atomic E-state index is 10.1. The molecule has 1 aliphatic rings. The molecule has 0 radical (unpaired) electrons. The summed E-state index contributed by atoms with van der Waals surface area (Å²) in [5, 5.41) is 29.8. The number of hydrogen-bond acceptors (Lipinski definition) is 3. The predicted molar refractivity (Wildman–Crippen MR) is 188 cm³/mol. The Morgan fingerprint density at radius 1 is 0.837 bits per heavy atom. The van der Waals surface area contributed by atoms with Crippen molar-refractivity contribution in [1.29, 1.82) is 0 Å². The lowest BCUT2D eigenvalue weighted by molar-refractivity contribution is -0.0226. The van der Waals surface area contributed by atoms with Gasteiger partial charge in [0.15, 0.2) is 0 Å². The van der Waals surface area contributed by atoms with Crippen molar-refractivity contribution >= 4 is 0 Å². The summed E-state index contributed by atoms with van der Waals surface area (Å²) >= 11 is 0. The average Bonchev–Trinajstić information content (AvgIpc) is 2.88. The van der Waals surface area contributed by atoms with Gasteiger partial charge in [0.2, 0.25) is 0 Å². The second-order valence-electron chi connectivity index (χ2n) is 13.9. The van der Waals surface area contributed by atoms with Gasteiger partial charge < -0.3 is 15.3 Å². The monoisotopic (exact) mass is 590 g/mol. The van der Waals surface area contributed by atoms with Crippen LogP contribution in [-0.2, 0) is 0 Å². The van der Waals surface area contributed by atoms with Crippen LogP contribution in [0.4, 0.5) is 0 Å². The molecule has 2 atom stereocenters. The van der Waals surface area contributed by atoms with Crippen molar-refractivity contribution in [3.8, 4) is 0 Å². The second-order valence-corrected chi connectivity index (χ2v) is 13.9. The van der Waals surface area contributed by atoms with Crippen LogP contribution in [0.2, 0.25) is 0 Å². The normalized spacial score (nSPS) is 20.8. The third-order valence-electron chi connectivity index (χ3n) is 8.28. The fourth-order valence-corrected chi connectivity index (χ4v) is 5.45. The number of rotatable bonds is 16. The van der Waals surface area contributed by atoms with E-state index in [0.29, 0.717) is 0 Å². The topological polar surface area (TPSA) is 60.7 Å². The lowest BCUT2D eigenvalue weighted by Gasteiger charge is -2.37. The van der Waals surface area contributed by atoms with Crippen molar-refractivity contribution in [2.24, 2.45) is 5.41 Å². The summed E-state index contributed by atoms with van der Waals surface area (Å²) in [5.74, 6) is 0. The molecule has 1 rings (SSSR count). The highest BCUT2D eigenvalue weighted by molar-refractivity contribution is 5.28. The van der Waals surface area contributed by atoms with Crippen LogP contribution in [0.3, 0.4) is 0 Å². The zero-order chi connectivity index (χ0) is 32.6. The lowest BCUT2D eigenvalue weighted by atomic mass is 9.70. The molecule has 0 unspecified atom stereocenters. The van der Waals surface area contributed by atoms with Gasteiger partial charge in [0.05, 0.1) is 11.7 Å². The molecule has 0 saturated heterocycles. The van der Waals surface area contributed by atoms with Gasteiger partial charge in [-0.15, -0.1) is 0 Å². The number of aliphatic hydroxyl groups excluding tert-OH is 2. The molecule has 0 bridgehead atoms. The second kappa shape index (κ2) is 19.0. The molecule has 0 amide bonds. The Kier molecular flexibility index (Phi) is 17.1. The molecule has 3 N–H and O–H groups in total. The molecule has 240 valence electrons. The van der Waals surface area contributed by atoms with Gasteiger partial charge >= 0.3 is 0 Å². The van der Waals surface area contributed by atoms with Crippen molar-refractivity contribution in [2.75, 3.05) is 0 Å². The SMILES string of the molecule is CC1=C(CC/C(C)=C/C=C/C(C)=C/C=C/C=C(\C)CC/C=C(\C)CC/C=C(C)/C=C\[C@H](O)C(C)(C)O)C(C)(C)C[C@H](O)C1. The summed E-state index contributed by atoms with van der Waals surface area (Å²) < 4.78 is 0. The van der Waals surface area contributed by atoms with Crippen LogP contribution in [0.1, 0.15) is 121 Å². The molecule has 0 saturated carbocycles. The molecule has 0 heterocycles. The first kappa shape index (κ1) is 38.6. The third kappa shape index (κ3) is 16.8. The largest absolute Gasteiger partial charge is 0.393 e. The quantitative estimate of drug-likeness (QED) is 0.124. The fraction of sp³-hybridized carbons (Fsp3) is 0.550. The summed E-state index contributed by atoms with van der Waals surface area (Å²) in [6, 6.07) is 0. The molecule has 0 fully saturated rings. The van der Waals surface area contributed by atoms with E-state index in [9.17, 15) is 15.3 Å². The molecule has 1 aliphatic carbocycles. The highest BCUT2D eigenvalue weighted by Crippen LogP contribution is 2.42. The highest BCUT2D eigenvalue weighted by Gasteiger charge is 2.32. The maximum Gasteiger partial charge on any atom is 0.101 e. The van der Waals surface area contributed by atoms with Crippen LogP contribution in [0.25, 0.3) is 0 Å². The van der Waals surface area contributed by atoms with Gasteiger partial charge in [-0.25, -0.2) is 0 Å². The van der Waals surface area contributed by atoms with Crippen molar-refractivity contribution in [1.82, 2.24) is 0 Å². The molecule has 3 nitrogen and oxygen atoms in total. The van der Waals surface area contributed by atoms with E-state index in [4.69, 9.17) is 0 Å². The zero-order valence-electron chi connectivity index (χ0n) is 29.0. The van der Waals surface area contributed by atoms with Crippen molar-refractivity contribution in [3.63, 3.8) is 0 Å². The van der Waals surface area contributed by atoms with Crippen LogP contribution in [0.5, 0.6) is 0 Å². The number of allylic oxidation sites excluding steroid dienone is 16. The van der Waals surface area contributed by atoms with E-state index in [1.54, 1.807) is 19.9 Å². The van der Waals surface area contributed by atoms with Gasteiger partial charge in [-0.05, 0) is 112 Å². The van der Waals surface area contributed by atoms with Gasteiger partial charge in [0.1, 0.15) is 6.10 Å². The first-order chi connectivity index (χ1) is 20.0. The molecule has 0 aromatic rings. The predicted octanol–water partition coefficient (Wildman–Crippen LogP) is 10.4. The number of aliphatic hydroxyl groups is 3. The van der Waals surface area contributed by atoms with Gasteiger partial charge in [0, 0.05) is 0 Å². The van der Waals surface area contributed by atoms with Gasteiger partial charge in [-0.3, -0.25) is 0 Å². The fourth-order valence-electron chi connectivity index (χ4n) is 5.45. The van der Waals surface area contributed by atoms with E-state index in [2.05, 4.69) is 103 Å². The van der Waals surface area contributed by atoms with Crippen molar-refractivity contribution in [3.05, 3.63) is 106 Å². The van der Waals surface area contributed by atoms with E-state index in [1.165, 1.54) is 33.4 Å². The molecular weight excluding hydrogens is 528 g/mol. The first-order valence-electron chi connectivity index (χ1n) is 16.1. The molecule has 3 heteroatoms. The standard InChI is InChI=1S/C40H62O3/c1-30(18-13-20-32(3)21-15-23-34(5)25-27-38(42)40(9,10)43)16-11-12-17-31(2)19-14-22-33(4)24-26-37-35(6)28-36(41)29-39(37,7)8/h11-12,14,16-17,19-20,22-23,25,27,36,38,41-43H,13,15,18,21,24,26,28-29H2,1-10H3/b12-11+,19-14+,27-25-,30-16+,31-17+,32-20+,33-22+,34-23+/t36-,38+/m1/s1. The summed E-state index contributed by atoms with van der Waals surface area (Å²) in [4.78, 5) is 0. The van der Waals surface area contributed by atoms with Crippen LogP contribution < -0.4 is 0 Å². The smallest absolute Gasteiger partial charge is 0.101 e. The van der Waals surface area contributed by atoms with Crippen LogP contribution in [-0.4, -0.2) is 33.1 Å². The number of hydrogen-bond donors (Lipinski definition) is 3. The Morgan fingerprint density at radius 3 is 2.07 bits per heavy atom. The first-order valence-corrected chi connectivity index (χ1v) is 16.1. The minimum Gasteiger partial charge on any atom is -0.393 e. The Labute approximate surface area is 264 Å². The molecule has 43 heavy (non-hydrogen) atoms. The minimum atomic E-state index is -1.12. The van der Waals surface area contributed by atoms with E-state index in [-0.39, 0.29) is 11.5 Å². The zero-order valence-corrected chi connectivity index (χ0v) is 29.0. The molecular formula is C40H62O3. The van der Waals surface area contributed by atoms with Crippen molar-refractivity contribution in [2.45, 2.75) is 138 Å². The van der Waals surface area contributed by atoms with Crippen LogP contribution in [0, 0.1) is 5.41 Å². The minimum absolute atomic E-state index is 0.0914. The van der Waals surface area contributed by atoms with E-state index < -0.39 is 11.7 Å². The Bertz CT molecular complexity index is 1150. The van der Waals surface area contributed by atoms with Crippen molar-refractivity contribution < 1.29 is 15.3 Å². The molecule has 0 aliphatic heterocycles. The summed E-state index contributed by atoms with van der Waals surface area (Å²) in [7, 11) is 0. The Balaban J connectivity index is 2.45. The maximum atomic E-state index is 10.1. The summed E-state index contributed by atoms with van der Waals surface area (Å²) in [5.41, 5.74) is 8.33. The molecule has 0 aromatic carbocycles. The summed E-state index contributed by atoms with van der Waals surface area (Å²) in [6.45, 7) is 20.7. The average molecular weight is 591 g/mol. The summed E-state index contributed by atoms with van der Waals surface area (Å²) in [6.07, 6.45) is 30.0. The Morgan fingerprint density at radius 2 is 1.42 bits per heavy atom. The van der Waals surface area contributed by atoms with Gasteiger partial charge in [-0.2, -0.15) is 0 Å². The molecule has 0 aromatic heterocycles. The lowest BCUT2D eigenvalue weighted by Crippen LogP contribution is -2.34. The van der Waals surface area contributed by atoms with E-state index in [0.717, 1.165) is 56.9 Å². The van der Waals surface area contributed by atoms with Crippen LogP contribution >= 0.6 is 0 Å². The molecule has 0 spiro atoms. The van der Waals surface area contributed by atoms with E-state index in [1.807, 2.05) is 13.0 Å². The Hall–Kier alpha value is -2.46. The highest BCUT2D eigenvalue weighted by atomic mass is 16.3. The van der Waals surface area contributed by atoms with Gasteiger partial charge in [0.25, 0.3) is 0 Å². The van der Waals surface area contributed by atoms with E-state index >= 15 is 0 Å².